The van der Waals surface area contributed by atoms with Crippen LogP contribution in [0.3, 0.4) is 0 Å². The number of nitrogens with zero attached hydrogens (tertiary/aromatic N) is 3. The first kappa shape index (κ1) is 18.4. The Kier molecular flexibility index (Phi) is 5.86. The van der Waals surface area contributed by atoms with E-state index in [4.69, 9.17) is 0 Å². The van der Waals surface area contributed by atoms with E-state index in [9.17, 15) is 4.79 Å². The van der Waals surface area contributed by atoms with Crippen molar-refractivity contribution in [3.63, 3.8) is 0 Å². The van der Waals surface area contributed by atoms with E-state index in [2.05, 4.69) is 34.1 Å². The smallest absolute Gasteiger partial charge is 0.272 e. The molecule has 2 aromatic carbocycles. The van der Waals surface area contributed by atoms with Crippen LogP contribution in [0, 0.1) is 0 Å². The van der Waals surface area contributed by atoms with E-state index in [1.165, 1.54) is 5.56 Å². The van der Waals surface area contributed by atoms with Gasteiger partial charge in [0.25, 0.3) is 5.91 Å². The molecular weight excluding hydrogens is 346 g/mol. The summed E-state index contributed by atoms with van der Waals surface area (Å²) in [5, 5.41) is 1.06. The highest BCUT2D eigenvalue weighted by molar-refractivity contribution is 5.95. The Balaban J connectivity index is 0.00000196. The summed E-state index contributed by atoms with van der Waals surface area (Å²) < 4.78 is 0. The molecule has 134 valence electrons. The van der Waals surface area contributed by atoms with E-state index in [1.54, 1.807) is 0 Å². The number of hydrogen-bond acceptors (Lipinski definition) is 3. The van der Waals surface area contributed by atoms with Crippen molar-refractivity contribution < 1.29 is 4.79 Å². The molecule has 26 heavy (non-hydrogen) atoms. The molecule has 0 bridgehead atoms. The monoisotopic (exact) mass is 367 g/mol. The van der Waals surface area contributed by atoms with Crippen molar-refractivity contribution in [3.05, 3.63) is 78.0 Å². The Morgan fingerprint density at radius 2 is 1.54 bits per heavy atom. The molecule has 5 heteroatoms. The number of fused-ring (bicyclic) bond motifs is 1. The molecule has 0 saturated carbocycles. The highest BCUT2D eigenvalue weighted by Gasteiger charge is 2.23. The van der Waals surface area contributed by atoms with Crippen LogP contribution in [0.5, 0.6) is 0 Å². The van der Waals surface area contributed by atoms with Crippen molar-refractivity contribution in [3.8, 4) is 0 Å². The maximum Gasteiger partial charge on any atom is 0.272 e. The van der Waals surface area contributed by atoms with Crippen LogP contribution in [0.25, 0.3) is 10.9 Å². The first-order valence-electron chi connectivity index (χ1n) is 8.71. The lowest BCUT2D eigenvalue weighted by Gasteiger charge is -2.34. The zero-order chi connectivity index (χ0) is 17.1. The van der Waals surface area contributed by atoms with Crippen molar-refractivity contribution in [2.75, 3.05) is 26.2 Å². The van der Waals surface area contributed by atoms with Gasteiger partial charge in [-0.1, -0.05) is 54.6 Å². The molecule has 0 atom stereocenters. The molecule has 2 heterocycles. The van der Waals surface area contributed by atoms with Crippen molar-refractivity contribution >= 4 is 29.2 Å². The molecule has 4 rings (SSSR count). The minimum absolute atomic E-state index is 0. The summed E-state index contributed by atoms with van der Waals surface area (Å²) in [6, 6.07) is 22.2. The Bertz CT molecular complexity index is 877. The van der Waals surface area contributed by atoms with Crippen LogP contribution in [0.2, 0.25) is 0 Å². The van der Waals surface area contributed by atoms with Gasteiger partial charge in [0, 0.05) is 38.1 Å². The van der Waals surface area contributed by atoms with Gasteiger partial charge in [0.1, 0.15) is 5.69 Å². The SMILES string of the molecule is Cl.O=C(c1ccc2ccccc2n1)N1CCN(Cc2ccccc2)CC1. The summed E-state index contributed by atoms with van der Waals surface area (Å²) in [6.07, 6.45) is 0. The number of carbonyl (C=O) groups excluding carboxylic acids is 1. The zero-order valence-electron chi connectivity index (χ0n) is 14.5. The third-order valence-corrected chi connectivity index (χ3v) is 4.73. The van der Waals surface area contributed by atoms with Gasteiger partial charge in [-0.2, -0.15) is 0 Å². The third kappa shape index (κ3) is 4.03. The highest BCUT2D eigenvalue weighted by Crippen LogP contribution is 2.15. The van der Waals surface area contributed by atoms with Gasteiger partial charge in [0.15, 0.2) is 0 Å². The first-order chi connectivity index (χ1) is 12.3. The number of hydrogen-bond donors (Lipinski definition) is 0. The number of aromatic nitrogens is 1. The quantitative estimate of drug-likeness (QED) is 0.709. The van der Waals surface area contributed by atoms with Crippen molar-refractivity contribution in [1.82, 2.24) is 14.8 Å². The predicted octanol–water partition coefficient (Wildman–Crippen LogP) is 3.61. The van der Waals surface area contributed by atoms with Crippen molar-refractivity contribution in [2.24, 2.45) is 0 Å². The molecule has 4 nitrogen and oxygen atoms in total. The number of carbonyl (C=O) groups is 1. The van der Waals surface area contributed by atoms with Gasteiger partial charge in [-0.3, -0.25) is 9.69 Å². The number of halogens is 1. The second-order valence-corrected chi connectivity index (χ2v) is 6.44. The fraction of sp³-hybridized carbons (Fsp3) is 0.238. The lowest BCUT2D eigenvalue weighted by atomic mass is 10.1. The van der Waals surface area contributed by atoms with Gasteiger partial charge < -0.3 is 4.90 Å². The van der Waals surface area contributed by atoms with Gasteiger partial charge >= 0.3 is 0 Å². The number of pyridine rings is 1. The van der Waals surface area contributed by atoms with Gasteiger partial charge in [-0.25, -0.2) is 4.98 Å². The molecule has 1 aromatic heterocycles. The number of para-hydroxylation sites is 1. The minimum Gasteiger partial charge on any atom is -0.335 e. The van der Waals surface area contributed by atoms with E-state index in [0.29, 0.717) is 5.69 Å². The molecule has 1 aliphatic heterocycles. The summed E-state index contributed by atoms with van der Waals surface area (Å²) in [7, 11) is 0. The molecule has 3 aromatic rings. The molecule has 1 amide bonds. The standard InChI is InChI=1S/C21H21N3O.ClH/c25-21(20-11-10-18-8-4-5-9-19(18)22-20)24-14-12-23(13-15-24)16-17-6-2-1-3-7-17;/h1-11H,12-16H2;1H. The molecule has 1 saturated heterocycles. The molecule has 0 spiro atoms. The van der Waals surface area contributed by atoms with Crippen molar-refractivity contribution in [2.45, 2.75) is 6.54 Å². The van der Waals surface area contributed by atoms with E-state index in [1.807, 2.05) is 47.4 Å². The second-order valence-electron chi connectivity index (χ2n) is 6.44. The molecule has 0 aliphatic carbocycles. The lowest BCUT2D eigenvalue weighted by Crippen LogP contribution is -2.48. The average Bonchev–Trinajstić information content (AvgIpc) is 2.68. The van der Waals surface area contributed by atoms with E-state index < -0.39 is 0 Å². The van der Waals surface area contributed by atoms with Gasteiger partial charge in [-0.15, -0.1) is 12.4 Å². The summed E-state index contributed by atoms with van der Waals surface area (Å²) >= 11 is 0. The summed E-state index contributed by atoms with van der Waals surface area (Å²) in [6.45, 7) is 4.24. The number of amides is 1. The third-order valence-electron chi connectivity index (χ3n) is 4.73. The molecule has 1 aliphatic rings. The van der Waals surface area contributed by atoms with E-state index in [-0.39, 0.29) is 18.3 Å². The normalized spacial score (nSPS) is 14.8. The lowest BCUT2D eigenvalue weighted by molar-refractivity contribution is 0.0623. The Labute approximate surface area is 159 Å². The molecular formula is C21H22ClN3O. The van der Waals surface area contributed by atoms with E-state index in [0.717, 1.165) is 43.6 Å². The van der Waals surface area contributed by atoms with Gasteiger partial charge in [-0.05, 0) is 17.7 Å². The number of benzene rings is 2. The number of rotatable bonds is 3. The Hall–Kier alpha value is -2.43. The topological polar surface area (TPSA) is 36.4 Å². The fourth-order valence-corrected chi connectivity index (χ4v) is 3.30. The zero-order valence-corrected chi connectivity index (χ0v) is 15.4. The molecule has 1 fully saturated rings. The summed E-state index contributed by atoms with van der Waals surface area (Å²) in [5.41, 5.74) is 2.73. The Morgan fingerprint density at radius 3 is 2.31 bits per heavy atom. The maximum absolute atomic E-state index is 12.8. The Morgan fingerprint density at radius 1 is 0.846 bits per heavy atom. The highest BCUT2D eigenvalue weighted by atomic mass is 35.5. The van der Waals surface area contributed by atoms with Crippen LogP contribution in [0.15, 0.2) is 66.7 Å². The van der Waals surface area contributed by atoms with Gasteiger partial charge in [0.05, 0.1) is 5.52 Å². The summed E-state index contributed by atoms with van der Waals surface area (Å²) in [5.74, 6) is 0.0325. The van der Waals surface area contributed by atoms with Crippen LogP contribution in [0.4, 0.5) is 0 Å². The van der Waals surface area contributed by atoms with Crippen LogP contribution >= 0.6 is 12.4 Å². The van der Waals surface area contributed by atoms with Crippen LogP contribution in [-0.2, 0) is 6.54 Å². The van der Waals surface area contributed by atoms with E-state index >= 15 is 0 Å². The molecule has 0 radical (unpaired) electrons. The summed E-state index contributed by atoms with van der Waals surface area (Å²) in [4.78, 5) is 21.6. The first-order valence-corrected chi connectivity index (χ1v) is 8.71. The van der Waals surface area contributed by atoms with Crippen LogP contribution < -0.4 is 0 Å². The van der Waals surface area contributed by atoms with Crippen LogP contribution in [0.1, 0.15) is 16.1 Å². The minimum atomic E-state index is 0. The van der Waals surface area contributed by atoms with Crippen LogP contribution in [-0.4, -0.2) is 46.9 Å². The average molecular weight is 368 g/mol. The van der Waals surface area contributed by atoms with Crippen molar-refractivity contribution in [1.29, 1.82) is 0 Å². The largest absolute Gasteiger partial charge is 0.335 e. The molecule has 0 N–H and O–H groups in total. The molecule has 0 unspecified atom stereocenters. The maximum atomic E-state index is 12.8. The fourth-order valence-electron chi connectivity index (χ4n) is 3.30. The number of piperazine rings is 1. The van der Waals surface area contributed by atoms with Gasteiger partial charge in [0.2, 0.25) is 0 Å². The second kappa shape index (κ2) is 8.30. The predicted molar refractivity (Wildman–Crippen MR) is 107 cm³/mol.